The molecule has 1 aromatic carbocycles. The van der Waals surface area contributed by atoms with Crippen molar-refractivity contribution >= 4 is 36.6 Å². The summed E-state index contributed by atoms with van der Waals surface area (Å²) < 4.78 is 40.9. The molecule has 0 bridgehead atoms. The number of benzene rings is 1. The monoisotopic (exact) mass is 481 g/mol. The minimum atomic E-state index is -4.19. The van der Waals surface area contributed by atoms with Crippen LogP contribution >= 0.6 is 19.6 Å². The second-order valence-electron chi connectivity index (χ2n) is 7.07. The van der Waals surface area contributed by atoms with Gasteiger partial charge in [0.2, 0.25) is 0 Å². The van der Waals surface area contributed by atoms with Crippen molar-refractivity contribution in [2.75, 3.05) is 26.6 Å². The normalized spacial score (nSPS) is 29.8. The molecule has 5 atom stereocenters. The van der Waals surface area contributed by atoms with Gasteiger partial charge in [-0.1, -0.05) is 11.8 Å². The Labute approximate surface area is 186 Å². The minimum Gasteiger partial charge on any atom is -0.497 e. The van der Waals surface area contributed by atoms with E-state index in [0.29, 0.717) is 16.3 Å². The van der Waals surface area contributed by atoms with E-state index in [1.807, 2.05) is 24.3 Å². The molecule has 0 saturated carbocycles. The number of nitrogens with two attached hydrogens (primary N) is 1. The molecule has 2 aliphatic rings. The molecule has 32 heavy (non-hydrogen) atoms. The molecule has 2 unspecified atom stereocenters. The van der Waals surface area contributed by atoms with E-state index in [1.54, 1.807) is 11.7 Å². The minimum absolute atomic E-state index is 0.112. The van der Waals surface area contributed by atoms with Crippen molar-refractivity contribution in [3.8, 4) is 5.75 Å². The second kappa shape index (κ2) is 8.27. The predicted molar refractivity (Wildman–Crippen MR) is 112 cm³/mol. The van der Waals surface area contributed by atoms with Gasteiger partial charge in [-0.25, -0.2) is 19.5 Å². The lowest BCUT2D eigenvalue weighted by molar-refractivity contribution is -0.0690. The Hall–Kier alpha value is -2.25. The van der Waals surface area contributed by atoms with Crippen molar-refractivity contribution < 1.29 is 32.7 Å². The Balaban J connectivity index is 1.58. The van der Waals surface area contributed by atoms with E-state index in [2.05, 4.69) is 15.0 Å². The summed E-state index contributed by atoms with van der Waals surface area (Å²) in [6.45, 7) is -0.112. The lowest BCUT2D eigenvalue weighted by Crippen LogP contribution is -2.40. The lowest BCUT2D eigenvalue weighted by atomic mass is 10.1. The van der Waals surface area contributed by atoms with Gasteiger partial charge in [-0.15, -0.1) is 0 Å². The first-order chi connectivity index (χ1) is 15.4. The molecule has 0 spiro atoms. The van der Waals surface area contributed by atoms with E-state index in [0.717, 1.165) is 10.6 Å². The highest BCUT2D eigenvalue weighted by Gasteiger charge is 2.54. The van der Waals surface area contributed by atoms with Crippen LogP contribution < -0.4 is 10.5 Å². The number of hydrogen-bond donors (Lipinski definition) is 2. The zero-order valence-corrected chi connectivity index (χ0v) is 18.7. The molecule has 2 saturated heterocycles. The highest BCUT2D eigenvalue weighted by molar-refractivity contribution is 7.99. The zero-order chi connectivity index (χ0) is 22.5. The van der Waals surface area contributed by atoms with E-state index in [-0.39, 0.29) is 12.4 Å². The number of anilines is 1. The molecule has 5 rings (SSSR count). The van der Waals surface area contributed by atoms with Crippen molar-refractivity contribution in [3.63, 3.8) is 0 Å². The van der Waals surface area contributed by atoms with Crippen LogP contribution in [0.5, 0.6) is 5.75 Å². The van der Waals surface area contributed by atoms with Crippen molar-refractivity contribution in [1.29, 1.82) is 0 Å². The van der Waals surface area contributed by atoms with Gasteiger partial charge >= 0.3 is 7.82 Å². The molecule has 4 heterocycles. The zero-order valence-electron chi connectivity index (χ0n) is 17.0. The fourth-order valence-electron chi connectivity index (χ4n) is 3.74. The molecule has 0 radical (unpaired) electrons. The van der Waals surface area contributed by atoms with Crippen LogP contribution in [0.15, 0.2) is 40.6 Å². The van der Waals surface area contributed by atoms with Crippen LogP contribution in [0.3, 0.4) is 0 Å². The van der Waals surface area contributed by atoms with Gasteiger partial charge in [0.1, 0.15) is 30.4 Å². The first-order valence-electron chi connectivity index (χ1n) is 9.54. The fourth-order valence-corrected chi connectivity index (χ4v) is 5.60. The van der Waals surface area contributed by atoms with Crippen LogP contribution in [-0.2, 0) is 23.1 Å². The number of ether oxygens (including phenoxy) is 3. The molecule has 3 aromatic rings. The van der Waals surface area contributed by atoms with Crippen LogP contribution in [0.1, 0.15) is 6.23 Å². The Kier molecular flexibility index (Phi) is 5.58. The summed E-state index contributed by atoms with van der Waals surface area (Å²) in [6, 6.07) is 7.46. The summed E-state index contributed by atoms with van der Waals surface area (Å²) in [7, 11) is -1.11. The summed E-state index contributed by atoms with van der Waals surface area (Å²) in [4.78, 5) is 23.7. The number of phosphoric acid groups is 1. The van der Waals surface area contributed by atoms with Gasteiger partial charge < -0.3 is 24.8 Å². The number of nitrogen functional groups attached to an aromatic ring is 1. The number of hydrogen-bond acceptors (Lipinski definition) is 11. The third-order valence-electron chi connectivity index (χ3n) is 5.21. The van der Waals surface area contributed by atoms with Crippen molar-refractivity contribution in [1.82, 2.24) is 19.5 Å². The molecular weight excluding hydrogens is 461 g/mol. The van der Waals surface area contributed by atoms with Gasteiger partial charge in [-0.2, -0.15) is 0 Å². The topological polar surface area (TPSA) is 153 Å². The van der Waals surface area contributed by atoms with Gasteiger partial charge in [-0.05, 0) is 24.3 Å². The number of fused-ring (bicyclic) bond motifs is 2. The highest BCUT2D eigenvalue weighted by Crippen LogP contribution is 2.53. The van der Waals surface area contributed by atoms with E-state index in [9.17, 15) is 9.46 Å². The van der Waals surface area contributed by atoms with Crippen LogP contribution in [0.2, 0.25) is 0 Å². The average Bonchev–Trinajstić information content (AvgIpc) is 3.31. The summed E-state index contributed by atoms with van der Waals surface area (Å²) in [5.74, 6) is 0.945. The maximum atomic E-state index is 12.0. The van der Waals surface area contributed by atoms with Crippen molar-refractivity contribution in [2.24, 2.45) is 0 Å². The summed E-state index contributed by atoms with van der Waals surface area (Å²) in [5.41, 5.74) is 6.89. The Bertz CT molecular complexity index is 1190. The summed E-state index contributed by atoms with van der Waals surface area (Å²) in [6.07, 6.45) is -1.59. The first-order valence-corrected chi connectivity index (χ1v) is 11.9. The number of methoxy groups -OCH3 is 2. The smallest absolute Gasteiger partial charge is 0.472 e. The number of nitrogens with zero attached hydrogens (tertiary/aromatic N) is 4. The molecule has 14 heteroatoms. The molecule has 2 aromatic heterocycles. The third kappa shape index (κ3) is 3.75. The van der Waals surface area contributed by atoms with Crippen molar-refractivity contribution in [3.05, 3.63) is 30.6 Å². The molecule has 0 aliphatic carbocycles. The fraction of sp³-hybridized carbons (Fsp3) is 0.389. The Morgan fingerprint density at radius 1 is 1.28 bits per heavy atom. The van der Waals surface area contributed by atoms with E-state index in [4.69, 9.17) is 29.0 Å². The van der Waals surface area contributed by atoms with Gasteiger partial charge in [0.05, 0.1) is 13.7 Å². The maximum absolute atomic E-state index is 12.0. The van der Waals surface area contributed by atoms with Crippen LogP contribution in [0, 0.1) is 0 Å². The molecule has 170 valence electrons. The SMILES string of the molecule is COc1ccc(Sc2nc3c(N)ncnc3n2[C@@H]2O[C@@H]3COP(=O)(O)OC3[C@@H]2OC)cc1. The average molecular weight is 481 g/mol. The standard InChI is InChI=1S/C18H20N5O7PS/c1-26-9-3-5-10(6-4-9)32-18-22-12-15(19)20-8-21-16(12)23(18)17-14(27-2)13-11(29-17)7-28-31(24,25)30-13/h3-6,8,11,13-14,17H,7H2,1-2H3,(H,24,25)(H2,19,20,21)/t11-,13?,14+,17-/m1/s1. The van der Waals surface area contributed by atoms with Gasteiger partial charge in [-0.3, -0.25) is 13.6 Å². The van der Waals surface area contributed by atoms with E-state index in [1.165, 1.54) is 25.2 Å². The number of rotatable bonds is 5. The second-order valence-corrected chi connectivity index (χ2v) is 9.52. The largest absolute Gasteiger partial charge is 0.497 e. The van der Waals surface area contributed by atoms with E-state index >= 15 is 0 Å². The molecule has 12 nitrogen and oxygen atoms in total. The van der Waals surface area contributed by atoms with E-state index < -0.39 is 32.4 Å². The van der Waals surface area contributed by atoms with Crippen LogP contribution in [0.4, 0.5) is 5.82 Å². The Morgan fingerprint density at radius 3 is 2.78 bits per heavy atom. The molecular formula is C18H20N5O7PS. The molecule has 2 fully saturated rings. The summed E-state index contributed by atoms with van der Waals surface area (Å²) >= 11 is 1.36. The van der Waals surface area contributed by atoms with Gasteiger partial charge in [0.25, 0.3) is 0 Å². The maximum Gasteiger partial charge on any atom is 0.472 e. The Morgan fingerprint density at radius 2 is 2.06 bits per heavy atom. The molecule has 3 N–H and O–H groups in total. The lowest BCUT2D eigenvalue weighted by Gasteiger charge is -2.29. The van der Waals surface area contributed by atoms with Crippen molar-refractivity contribution in [2.45, 2.75) is 34.6 Å². The predicted octanol–water partition coefficient (Wildman–Crippen LogP) is 2.00. The summed E-state index contributed by atoms with van der Waals surface area (Å²) in [5, 5.41) is 0.524. The number of aromatic nitrogens is 4. The quantitative estimate of drug-likeness (QED) is 0.512. The van der Waals surface area contributed by atoms with Gasteiger partial charge in [0.15, 0.2) is 28.4 Å². The molecule has 0 amide bonds. The van der Waals surface area contributed by atoms with Crippen LogP contribution in [-0.4, -0.2) is 63.6 Å². The third-order valence-corrected chi connectivity index (χ3v) is 7.17. The number of phosphoric ester groups is 1. The first kappa shape index (κ1) is 21.6. The van der Waals surface area contributed by atoms with Gasteiger partial charge in [0, 0.05) is 12.0 Å². The molecule has 2 aliphatic heterocycles. The number of imidazole rings is 1. The highest BCUT2D eigenvalue weighted by atomic mass is 32.2. The van der Waals surface area contributed by atoms with Crippen LogP contribution in [0.25, 0.3) is 11.2 Å².